The Morgan fingerprint density at radius 2 is 1.94 bits per heavy atom. The highest BCUT2D eigenvalue weighted by Gasteiger charge is 2.43. The summed E-state index contributed by atoms with van der Waals surface area (Å²) in [5.74, 6) is 0.418. The molecule has 0 bridgehead atoms. The van der Waals surface area contributed by atoms with Crippen molar-refractivity contribution in [1.29, 1.82) is 0 Å². The van der Waals surface area contributed by atoms with Crippen molar-refractivity contribution in [3.8, 4) is 0 Å². The predicted octanol–water partition coefficient (Wildman–Crippen LogP) is 5.78. The fourth-order valence-electron chi connectivity index (χ4n) is 5.53. The van der Waals surface area contributed by atoms with Gasteiger partial charge in [-0.3, -0.25) is 0 Å². The van der Waals surface area contributed by atoms with Gasteiger partial charge in [-0.15, -0.1) is 0 Å². The second-order valence-electron chi connectivity index (χ2n) is 9.90. The van der Waals surface area contributed by atoms with Crippen LogP contribution in [0.1, 0.15) is 81.1 Å². The highest BCUT2D eigenvalue weighted by Crippen LogP contribution is 2.48. The van der Waals surface area contributed by atoms with Gasteiger partial charge in [0.2, 0.25) is 0 Å². The third kappa shape index (κ3) is 6.32. The van der Waals surface area contributed by atoms with E-state index in [1.807, 2.05) is 18.2 Å². The van der Waals surface area contributed by atoms with Crippen molar-refractivity contribution in [2.24, 2.45) is 23.7 Å². The Labute approximate surface area is 193 Å². The van der Waals surface area contributed by atoms with E-state index in [-0.39, 0.29) is 17.9 Å². The molecule has 6 atom stereocenters. The van der Waals surface area contributed by atoms with Crippen LogP contribution in [0.3, 0.4) is 0 Å². The fraction of sp³-hybridized carbons (Fsp3) is 0.607. The first-order valence-electron chi connectivity index (χ1n) is 12.5. The molecule has 1 aromatic rings. The molecule has 4 nitrogen and oxygen atoms in total. The number of rotatable bonds is 12. The topological polar surface area (TPSA) is 77.8 Å². The van der Waals surface area contributed by atoms with Crippen LogP contribution in [0.2, 0.25) is 0 Å². The molecule has 1 saturated carbocycles. The molecular formula is C28H40O4. The number of aliphatic hydroxyl groups excluding tert-OH is 2. The van der Waals surface area contributed by atoms with Gasteiger partial charge in [-0.1, -0.05) is 68.7 Å². The lowest BCUT2D eigenvalue weighted by atomic mass is 9.87. The third-order valence-electron chi connectivity index (χ3n) is 7.52. The third-order valence-corrected chi connectivity index (χ3v) is 7.52. The number of aryl methyl sites for hydroxylation is 1. The molecule has 0 spiro atoms. The molecule has 3 N–H and O–H groups in total. The Balaban J connectivity index is 1.47. The maximum Gasteiger partial charge on any atom is 0.335 e. The Morgan fingerprint density at radius 3 is 2.69 bits per heavy atom. The number of fused-ring (bicyclic) bond motifs is 1. The van der Waals surface area contributed by atoms with E-state index >= 15 is 0 Å². The van der Waals surface area contributed by atoms with Gasteiger partial charge in [0.05, 0.1) is 17.8 Å². The van der Waals surface area contributed by atoms with Crippen molar-refractivity contribution in [2.75, 3.05) is 0 Å². The molecule has 0 radical (unpaired) electrons. The van der Waals surface area contributed by atoms with Crippen LogP contribution in [0.25, 0.3) is 0 Å². The second kappa shape index (κ2) is 11.8. The molecule has 0 aliphatic heterocycles. The molecule has 0 saturated heterocycles. The van der Waals surface area contributed by atoms with E-state index in [9.17, 15) is 20.1 Å². The Kier molecular flexibility index (Phi) is 9.12. The van der Waals surface area contributed by atoms with Crippen molar-refractivity contribution in [1.82, 2.24) is 0 Å². The minimum absolute atomic E-state index is 0.129. The number of carboxylic acid groups (broad SMARTS) is 1. The van der Waals surface area contributed by atoms with Crippen LogP contribution < -0.4 is 0 Å². The van der Waals surface area contributed by atoms with Gasteiger partial charge in [-0.05, 0) is 74.3 Å². The quantitative estimate of drug-likeness (QED) is 0.284. The minimum Gasteiger partial charge on any atom is -0.478 e. The number of unbranched alkanes of at least 4 members (excludes halogenated alkanes) is 2. The minimum atomic E-state index is -0.852. The largest absolute Gasteiger partial charge is 0.478 e. The molecule has 2 aliphatic carbocycles. The lowest BCUT2D eigenvalue weighted by molar-refractivity contribution is 0.0695. The van der Waals surface area contributed by atoms with Gasteiger partial charge in [0.15, 0.2) is 0 Å². The van der Waals surface area contributed by atoms with Crippen molar-refractivity contribution in [3.05, 3.63) is 59.2 Å². The number of allylic oxidation sites excluding steroid dienone is 2. The smallest absolute Gasteiger partial charge is 0.335 e. The summed E-state index contributed by atoms with van der Waals surface area (Å²) in [6, 6.07) is 7.28. The number of hydrogen-bond acceptors (Lipinski definition) is 3. The van der Waals surface area contributed by atoms with Crippen LogP contribution in [-0.2, 0) is 6.42 Å². The monoisotopic (exact) mass is 440 g/mol. The van der Waals surface area contributed by atoms with Crippen LogP contribution >= 0.6 is 0 Å². The second-order valence-corrected chi connectivity index (χ2v) is 9.90. The fourth-order valence-corrected chi connectivity index (χ4v) is 5.53. The highest BCUT2D eigenvalue weighted by atomic mass is 16.4. The van der Waals surface area contributed by atoms with Crippen LogP contribution in [-0.4, -0.2) is 33.5 Å². The van der Waals surface area contributed by atoms with Gasteiger partial charge in [-0.25, -0.2) is 4.79 Å². The molecule has 32 heavy (non-hydrogen) atoms. The van der Waals surface area contributed by atoms with Crippen LogP contribution in [0, 0.1) is 23.7 Å². The normalized spacial score (nSPS) is 26.8. The Hall–Kier alpha value is -1.91. The molecule has 176 valence electrons. The number of hydrogen-bond donors (Lipinski definition) is 3. The number of carbonyl (C=O) groups is 1. The predicted molar refractivity (Wildman–Crippen MR) is 129 cm³/mol. The lowest BCUT2D eigenvalue weighted by Crippen LogP contribution is -2.20. The van der Waals surface area contributed by atoms with E-state index in [2.05, 4.69) is 26.0 Å². The lowest BCUT2D eigenvalue weighted by Gasteiger charge is -2.20. The molecule has 1 fully saturated rings. The van der Waals surface area contributed by atoms with Crippen molar-refractivity contribution < 1.29 is 20.1 Å². The van der Waals surface area contributed by atoms with E-state index in [1.54, 1.807) is 12.1 Å². The zero-order valence-corrected chi connectivity index (χ0v) is 19.6. The number of benzene rings is 1. The molecule has 0 aromatic heterocycles. The number of aromatic carboxylic acids is 1. The number of aliphatic hydroxyl groups is 2. The standard InChI is InChI=1S/C28H40O4/c1-3-4-9-19(2)26(29)15-14-24-25-17-20(16-22(25)18-27(24)30)10-5-6-11-21-12-7-8-13-23(21)28(31)32/h7-8,12-16,19,22,24-27,29-30H,3-6,9-11,17-18H2,1-2H3,(H,31,32)/t19?,22-,24-,25-,26+,27+/m0/s1. The summed E-state index contributed by atoms with van der Waals surface area (Å²) in [6.45, 7) is 4.27. The zero-order chi connectivity index (χ0) is 23.1. The van der Waals surface area contributed by atoms with E-state index in [1.165, 1.54) is 5.57 Å². The van der Waals surface area contributed by atoms with Gasteiger partial charge >= 0.3 is 5.97 Å². The first-order valence-corrected chi connectivity index (χ1v) is 12.5. The maximum atomic E-state index is 11.4. The van der Waals surface area contributed by atoms with Gasteiger partial charge in [0.1, 0.15) is 0 Å². The first kappa shape index (κ1) is 24.7. The molecule has 1 unspecified atom stereocenters. The molecule has 0 heterocycles. The van der Waals surface area contributed by atoms with Gasteiger partial charge in [-0.2, -0.15) is 0 Å². The van der Waals surface area contributed by atoms with Crippen molar-refractivity contribution in [3.63, 3.8) is 0 Å². The first-order chi connectivity index (χ1) is 15.4. The summed E-state index contributed by atoms with van der Waals surface area (Å²) >= 11 is 0. The summed E-state index contributed by atoms with van der Waals surface area (Å²) in [7, 11) is 0. The van der Waals surface area contributed by atoms with E-state index < -0.39 is 12.1 Å². The summed E-state index contributed by atoms with van der Waals surface area (Å²) in [5.41, 5.74) is 2.81. The van der Waals surface area contributed by atoms with Gasteiger partial charge < -0.3 is 15.3 Å². The molecule has 2 aliphatic rings. The molecular weight excluding hydrogens is 400 g/mol. The Bertz CT molecular complexity index is 811. The van der Waals surface area contributed by atoms with Gasteiger partial charge in [0, 0.05) is 5.92 Å². The number of carboxylic acids is 1. The molecule has 4 heteroatoms. The van der Waals surface area contributed by atoms with Crippen molar-refractivity contribution >= 4 is 5.97 Å². The van der Waals surface area contributed by atoms with E-state index in [4.69, 9.17) is 0 Å². The Morgan fingerprint density at radius 1 is 1.19 bits per heavy atom. The van der Waals surface area contributed by atoms with Crippen LogP contribution in [0.15, 0.2) is 48.1 Å². The van der Waals surface area contributed by atoms with Crippen LogP contribution in [0.4, 0.5) is 0 Å². The summed E-state index contributed by atoms with van der Waals surface area (Å²) in [6.07, 6.45) is 14.7. The molecule has 0 amide bonds. The van der Waals surface area contributed by atoms with Crippen LogP contribution in [0.5, 0.6) is 0 Å². The molecule has 3 rings (SSSR count). The average Bonchev–Trinajstić information content (AvgIpc) is 3.29. The average molecular weight is 441 g/mol. The summed E-state index contributed by atoms with van der Waals surface area (Å²) in [4.78, 5) is 11.4. The molecule has 1 aromatic carbocycles. The van der Waals surface area contributed by atoms with E-state index in [0.717, 1.165) is 63.4 Å². The highest BCUT2D eigenvalue weighted by molar-refractivity contribution is 5.89. The van der Waals surface area contributed by atoms with Gasteiger partial charge in [0.25, 0.3) is 0 Å². The zero-order valence-electron chi connectivity index (χ0n) is 19.6. The summed E-state index contributed by atoms with van der Waals surface area (Å²) in [5, 5.41) is 30.4. The SMILES string of the molecule is CCCCC(C)[C@H](O)C=C[C@H]1[C@H]2CC(CCCCc3ccccc3C(=O)O)=C[C@H]2C[C@H]1O. The van der Waals surface area contributed by atoms with E-state index in [0.29, 0.717) is 17.4 Å². The van der Waals surface area contributed by atoms with Crippen molar-refractivity contribution in [2.45, 2.75) is 83.8 Å². The maximum absolute atomic E-state index is 11.4. The summed E-state index contributed by atoms with van der Waals surface area (Å²) < 4.78 is 0.